The molecule has 28 heavy (non-hydrogen) atoms. The van der Waals surface area contributed by atoms with Crippen molar-refractivity contribution in [3.8, 4) is 0 Å². The molecule has 0 aliphatic heterocycles. The third-order valence-electron chi connectivity index (χ3n) is 4.56. The van der Waals surface area contributed by atoms with Crippen molar-refractivity contribution in [2.45, 2.75) is 13.0 Å². The number of hydrogen-bond acceptors (Lipinski definition) is 3. The van der Waals surface area contributed by atoms with E-state index in [4.69, 9.17) is 4.74 Å². The molecule has 0 spiro atoms. The first-order valence-corrected chi connectivity index (χ1v) is 9.27. The largest absolute Gasteiger partial charge is 0.451 e. The minimum Gasteiger partial charge on any atom is -0.451 e. The fourth-order valence-corrected chi connectivity index (χ4v) is 2.97. The first-order chi connectivity index (χ1) is 13.6. The lowest BCUT2D eigenvalue weighted by Gasteiger charge is -2.23. The quantitative estimate of drug-likeness (QED) is 0.566. The number of rotatable bonds is 8. The van der Waals surface area contributed by atoms with Gasteiger partial charge in [0.05, 0.1) is 0 Å². The number of ether oxygens (including phenoxy) is 1. The van der Waals surface area contributed by atoms with Crippen LogP contribution in [0, 0.1) is 0 Å². The van der Waals surface area contributed by atoms with Gasteiger partial charge in [0.2, 0.25) is 0 Å². The third-order valence-corrected chi connectivity index (χ3v) is 4.56. The van der Waals surface area contributed by atoms with E-state index in [0.29, 0.717) is 18.8 Å². The van der Waals surface area contributed by atoms with Crippen molar-refractivity contribution < 1.29 is 14.3 Å². The monoisotopic (exact) mass is 376 g/mol. The Bertz CT molecular complexity index is 904. The zero-order chi connectivity index (χ0) is 19.8. The number of aryl methyl sites for hydroxylation is 1. The van der Waals surface area contributed by atoms with Gasteiger partial charge < -0.3 is 14.2 Å². The van der Waals surface area contributed by atoms with Gasteiger partial charge in [-0.25, -0.2) is 4.79 Å². The van der Waals surface area contributed by atoms with Gasteiger partial charge in [-0.2, -0.15) is 0 Å². The van der Waals surface area contributed by atoms with Gasteiger partial charge >= 0.3 is 5.97 Å². The van der Waals surface area contributed by atoms with E-state index in [9.17, 15) is 9.59 Å². The van der Waals surface area contributed by atoms with Crippen LogP contribution in [-0.4, -0.2) is 34.5 Å². The first-order valence-electron chi connectivity index (χ1n) is 9.27. The van der Waals surface area contributed by atoms with Crippen LogP contribution in [0.2, 0.25) is 0 Å². The van der Waals surface area contributed by atoms with Crippen molar-refractivity contribution in [2.75, 3.05) is 13.2 Å². The van der Waals surface area contributed by atoms with E-state index in [1.807, 2.05) is 60.7 Å². The lowest BCUT2D eigenvalue weighted by atomic mass is 10.1. The predicted octanol–water partition coefficient (Wildman–Crippen LogP) is 3.45. The molecule has 5 nitrogen and oxygen atoms in total. The van der Waals surface area contributed by atoms with E-state index in [-0.39, 0.29) is 12.5 Å². The molecule has 2 aromatic carbocycles. The molecule has 3 aromatic rings. The minimum atomic E-state index is -0.497. The van der Waals surface area contributed by atoms with Gasteiger partial charge in [0, 0.05) is 26.3 Å². The van der Waals surface area contributed by atoms with E-state index in [1.54, 1.807) is 34.8 Å². The Labute approximate surface area is 165 Å². The van der Waals surface area contributed by atoms with Crippen molar-refractivity contribution in [1.29, 1.82) is 0 Å². The average molecular weight is 376 g/mol. The number of carbonyl (C=O) groups excluding carboxylic acids is 2. The molecule has 0 saturated heterocycles. The van der Waals surface area contributed by atoms with E-state index in [1.165, 1.54) is 0 Å². The molecule has 0 unspecified atom stereocenters. The second-order valence-electron chi connectivity index (χ2n) is 6.62. The summed E-state index contributed by atoms with van der Waals surface area (Å²) in [4.78, 5) is 26.7. The maximum absolute atomic E-state index is 12.8. The van der Waals surface area contributed by atoms with Gasteiger partial charge in [0.15, 0.2) is 6.61 Å². The molecule has 0 radical (unpaired) electrons. The van der Waals surface area contributed by atoms with E-state index >= 15 is 0 Å². The number of aromatic nitrogens is 1. The Kier molecular flexibility index (Phi) is 6.63. The van der Waals surface area contributed by atoms with Gasteiger partial charge in [0.25, 0.3) is 5.91 Å². The Hall–Kier alpha value is -3.34. The molecule has 3 rings (SSSR count). The Balaban J connectivity index is 1.63. The summed E-state index contributed by atoms with van der Waals surface area (Å²) in [5.41, 5.74) is 2.62. The summed E-state index contributed by atoms with van der Waals surface area (Å²) in [6.07, 6.45) is 2.51. The first kappa shape index (κ1) is 19.4. The van der Waals surface area contributed by atoms with Crippen LogP contribution in [0.1, 0.15) is 21.6 Å². The molecule has 0 fully saturated rings. The fraction of sp³-hybridized carbons (Fsp3) is 0.217. The maximum atomic E-state index is 12.8. The highest BCUT2D eigenvalue weighted by atomic mass is 16.5. The summed E-state index contributed by atoms with van der Waals surface area (Å²) >= 11 is 0. The van der Waals surface area contributed by atoms with Crippen molar-refractivity contribution in [2.24, 2.45) is 7.05 Å². The summed E-state index contributed by atoms with van der Waals surface area (Å²) in [7, 11) is 1.76. The van der Waals surface area contributed by atoms with Crippen LogP contribution in [0.3, 0.4) is 0 Å². The van der Waals surface area contributed by atoms with Crippen molar-refractivity contribution in [3.05, 3.63) is 95.8 Å². The van der Waals surface area contributed by atoms with Crippen LogP contribution < -0.4 is 0 Å². The molecule has 0 bridgehead atoms. The number of amides is 1. The summed E-state index contributed by atoms with van der Waals surface area (Å²) in [5.74, 6) is -0.703. The lowest BCUT2D eigenvalue weighted by Crippen LogP contribution is -2.36. The SMILES string of the molecule is Cn1cccc1C(=O)OCC(=O)N(CCc1ccccc1)Cc1ccccc1. The van der Waals surface area contributed by atoms with Crippen LogP contribution in [0.15, 0.2) is 79.0 Å². The molecule has 1 aromatic heterocycles. The summed E-state index contributed by atoms with van der Waals surface area (Å²) in [5, 5.41) is 0. The molecular formula is C23H24N2O3. The summed E-state index contributed by atoms with van der Waals surface area (Å²) < 4.78 is 6.92. The van der Waals surface area contributed by atoms with Gasteiger partial charge in [-0.3, -0.25) is 4.79 Å². The standard InChI is InChI=1S/C23H24N2O3/c1-24-15-8-13-21(24)23(27)28-18-22(26)25(17-20-11-6-3-7-12-20)16-14-19-9-4-2-5-10-19/h2-13,15H,14,16-18H2,1H3. The zero-order valence-corrected chi connectivity index (χ0v) is 16.0. The van der Waals surface area contributed by atoms with E-state index < -0.39 is 5.97 Å². The Morgan fingerprint density at radius 3 is 2.14 bits per heavy atom. The van der Waals surface area contributed by atoms with E-state index in [2.05, 4.69) is 0 Å². The molecule has 144 valence electrons. The predicted molar refractivity (Wildman–Crippen MR) is 108 cm³/mol. The van der Waals surface area contributed by atoms with Crippen molar-refractivity contribution in [3.63, 3.8) is 0 Å². The molecule has 1 amide bonds. The average Bonchev–Trinajstić information content (AvgIpc) is 3.16. The van der Waals surface area contributed by atoms with Crippen LogP contribution in [-0.2, 0) is 29.5 Å². The fourth-order valence-electron chi connectivity index (χ4n) is 2.97. The molecule has 0 aliphatic rings. The second-order valence-corrected chi connectivity index (χ2v) is 6.62. The molecular weight excluding hydrogens is 352 g/mol. The third kappa shape index (κ3) is 5.33. The number of carbonyl (C=O) groups is 2. The number of nitrogens with zero attached hydrogens (tertiary/aromatic N) is 2. The minimum absolute atomic E-state index is 0.206. The van der Waals surface area contributed by atoms with Gasteiger partial charge in [-0.05, 0) is 29.7 Å². The summed E-state index contributed by atoms with van der Waals surface area (Å²) in [6.45, 7) is 0.763. The number of esters is 1. The molecule has 0 saturated carbocycles. The summed E-state index contributed by atoms with van der Waals surface area (Å²) in [6, 6.07) is 23.3. The molecule has 1 heterocycles. The normalized spacial score (nSPS) is 10.5. The molecule has 5 heteroatoms. The van der Waals surface area contributed by atoms with Gasteiger partial charge in [-0.15, -0.1) is 0 Å². The topological polar surface area (TPSA) is 51.5 Å². The van der Waals surface area contributed by atoms with Crippen molar-refractivity contribution in [1.82, 2.24) is 9.47 Å². The maximum Gasteiger partial charge on any atom is 0.355 e. The van der Waals surface area contributed by atoms with E-state index in [0.717, 1.165) is 17.5 Å². The van der Waals surface area contributed by atoms with Crippen molar-refractivity contribution >= 4 is 11.9 Å². The highest BCUT2D eigenvalue weighted by Crippen LogP contribution is 2.09. The van der Waals surface area contributed by atoms with Gasteiger partial charge in [0.1, 0.15) is 5.69 Å². The molecule has 0 aliphatic carbocycles. The zero-order valence-electron chi connectivity index (χ0n) is 16.0. The van der Waals surface area contributed by atoms with Crippen LogP contribution in [0.4, 0.5) is 0 Å². The van der Waals surface area contributed by atoms with Gasteiger partial charge in [-0.1, -0.05) is 60.7 Å². The van der Waals surface area contributed by atoms with Crippen LogP contribution >= 0.6 is 0 Å². The highest BCUT2D eigenvalue weighted by Gasteiger charge is 2.18. The lowest BCUT2D eigenvalue weighted by molar-refractivity contribution is -0.135. The Morgan fingerprint density at radius 1 is 0.893 bits per heavy atom. The highest BCUT2D eigenvalue weighted by molar-refractivity contribution is 5.90. The molecule has 0 atom stereocenters. The van der Waals surface area contributed by atoms with Crippen LogP contribution in [0.25, 0.3) is 0 Å². The Morgan fingerprint density at radius 2 is 1.54 bits per heavy atom. The number of benzene rings is 2. The smallest absolute Gasteiger partial charge is 0.355 e. The number of hydrogen-bond donors (Lipinski definition) is 0. The second kappa shape index (κ2) is 9.55. The molecule has 0 N–H and O–H groups in total. The van der Waals surface area contributed by atoms with Crippen LogP contribution in [0.5, 0.6) is 0 Å².